The lowest BCUT2D eigenvalue weighted by Gasteiger charge is -2.12. The van der Waals surface area contributed by atoms with E-state index in [9.17, 15) is 0 Å². The fraction of sp³-hybridized carbons (Fsp3) is 0.158. The second-order valence-corrected chi connectivity index (χ2v) is 7.43. The van der Waals surface area contributed by atoms with Crippen molar-refractivity contribution < 1.29 is 9.47 Å². The minimum atomic E-state index is 0.399. The van der Waals surface area contributed by atoms with Gasteiger partial charge in [-0.05, 0) is 51.9 Å². The molecule has 1 aromatic heterocycles. The Morgan fingerprint density at radius 3 is 2.61 bits per heavy atom. The highest BCUT2D eigenvalue weighted by atomic mass is 79.9. The lowest BCUT2D eigenvalue weighted by Crippen LogP contribution is -2.19. The number of hydrogen-bond acceptors (Lipinski definition) is 4. The van der Waals surface area contributed by atoms with Crippen molar-refractivity contribution in [3.05, 3.63) is 63.7 Å². The van der Waals surface area contributed by atoms with Crippen molar-refractivity contribution in [3.8, 4) is 11.5 Å². The maximum Gasteiger partial charge on any atom is 0.176 e. The fourth-order valence-electron chi connectivity index (χ4n) is 2.55. The van der Waals surface area contributed by atoms with Crippen molar-refractivity contribution in [2.24, 2.45) is 0 Å². The van der Waals surface area contributed by atoms with E-state index in [2.05, 4.69) is 31.7 Å². The highest BCUT2D eigenvalue weighted by Crippen LogP contribution is 2.30. The predicted molar refractivity (Wildman–Crippen MR) is 120 cm³/mol. The molecule has 0 amide bonds. The van der Waals surface area contributed by atoms with Gasteiger partial charge < -0.3 is 20.1 Å². The Bertz CT molecular complexity index is 996. The number of benzene rings is 2. The number of nitrogens with one attached hydrogen (secondary N) is 2. The molecule has 0 aliphatic heterocycles. The molecule has 0 saturated heterocycles. The van der Waals surface area contributed by atoms with Crippen LogP contribution in [-0.4, -0.2) is 29.1 Å². The van der Waals surface area contributed by atoms with Crippen molar-refractivity contribution in [2.75, 3.05) is 24.9 Å². The Kier molecular flexibility index (Phi) is 6.77. The molecule has 0 bridgehead atoms. The minimum absolute atomic E-state index is 0.399. The number of rotatable bonds is 6. The number of ether oxygens (including phenoxy) is 2. The molecule has 0 saturated carbocycles. The molecule has 9 heteroatoms. The van der Waals surface area contributed by atoms with Gasteiger partial charge in [-0.3, -0.25) is 4.68 Å². The van der Waals surface area contributed by atoms with Crippen LogP contribution in [0.1, 0.15) is 5.56 Å². The number of nitrogens with zero attached hydrogens (tertiary/aromatic N) is 2. The summed E-state index contributed by atoms with van der Waals surface area (Å²) in [6, 6.07) is 13.1. The van der Waals surface area contributed by atoms with Crippen LogP contribution in [0, 0.1) is 0 Å². The molecule has 0 atom stereocenters. The zero-order valence-corrected chi connectivity index (χ0v) is 18.4. The van der Waals surface area contributed by atoms with E-state index in [1.165, 1.54) is 0 Å². The molecule has 28 heavy (non-hydrogen) atoms. The zero-order chi connectivity index (χ0) is 20.1. The third-order valence-electron chi connectivity index (χ3n) is 3.88. The zero-order valence-electron chi connectivity index (χ0n) is 15.2. The summed E-state index contributed by atoms with van der Waals surface area (Å²) in [6.45, 7) is 0.551. The van der Waals surface area contributed by atoms with Crippen LogP contribution >= 0.6 is 39.7 Å². The number of aromatic nitrogens is 2. The van der Waals surface area contributed by atoms with Gasteiger partial charge in [0.1, 0.15) is 0 Å². The molecule has 146 valence electrons. The smallest absolute Gasteiger partial charge is 0.176 e. The van der Waals surface area contributed by atoms with E-state index < -0.39 is 0 Å². The summed E-state index contributed by atoms with van der Waals surface area (Å²) in [5.41, 5.74) is 1.75. The number of halogens is 2. The first-order valence-corrected chi connectivity index (χ1v) is 9.84. The lowest BCUT2D eigenvalue weighted by molar-refractivity contribution is 0.355. The molecule has 1 heterocycles. The summed E-state index contributed by atoms with van der Waals surface area (Å²) < 4.78 is 13.1. The lowest BCUT2D eigenvalue weighted by atomic mass is 10.2. The maximum atomic E-state index is 6.22. The van der Waals surface area contributed by atoms with Crippen molar-refractivity contribution in [2.45, 2.75) is 6.54 Å². The van der Waals surface area contributed by atoms with Gasteiger partial charge in [0.2, 0.25) is 0 Å². The average Bonchev–Trinajstić information content (AvgIpc) is 3.02. The van der Waals surface area contributed by atoms with Crippen LogP contribution in [0.4, 0.5) is 11.5 Å². The van der Waals surface area contributed by atoms with Crippen LogP contribution in [0.5, 0.6) is 11.5 Å². The molecule has 2 aromatic carbocycles. The normalized spacial score (nSPS) is 10.4. The van der Waals surface area contributed by atoms with E-state index in [0.29, 0.717) is 34.0 Å². The second-order valence-electron chi connectivity index (χ2n) is 5.76. The topological polar surface area (TPSA) is 60.3 Å². The van der Waals surface area contributed by atoms with Gasteiger partial charge in [0.15, 0.2) is 22.4 Å². The van der Waals surface area contributed by atoms with E-state index in [-0.39, 0.29) is 0 Å². The van der Waals surface area contributed by atoms with Gasteiger partial charge in [-0.25, -0.2) is 0 Å². The van der Waals surface area contributed by atoms with E-state index in [1.807, 2.05) is 36.5 Å². The first-order valence-electron chi connectivity index (χ1n) is 8.26. The molecule has 0 fully saturated rings. The molecule has 3 rings (SSSR count). The molecular formula is C19H18BrClN4O2S. The van der Waals surface area contributed by atoms with Gasteiger partial charge in [0, 0.05) is 23.0 Å². The number of thiocarbonyl (C=S) groups is 1. The Labute approximate surface area is 181 Å². The Morgan fingerprint density at radius 1 is 1.14 bits per heavy atom. The molecule has 0 radical (unpaired) electrons. The van der Waals surface area contributed by atoms with Crippen molar-refractivity contribution in [1.82, 2.24) is 9.78 Å². The summed E-state index contributed by atoms with van der Waals surface area (Å²) in [5, 5.41) is 11.8. The molecule has 0 spiro atoms. The standard InChI is InChI=1S/C19H18BrClN4O2S/c1-26-16-8-7-13(9-17(16)27-2)22-19(28)23-18-14(20)11-25(24-18)10-12-5-3-4-6-15(12)21/h3-9,11H,10H2,1-2H3,(H2,22,23,24,28). The summed E-state index contributed by atoms with van der Waals surface area (Å²) in [7, 11) is 3.18. The predicted octanol–water partition coefficient (Wildman–Crippen LogP) is 5.17. The average molecular weight is 482 g/mol. The highest BCUT2D eigenvalue weighted by molar-refractivity contribution is 9.10. The van der Waals surface area contributed by atoms with Crippen LogP contribution < -0.4 is 20.1 Å². The van der Waals surface area contributed by atoms with Gasteiger partial charge in [-0.1, -0.05) is 29.8 Å². The van der Waals surface area contributed by atoms with Gasteiger partial charge in [0.05, 0.1) is 25.2 Å². The van der Waals surface area contributed by atoms with Crippen molar-refractivity contribution >= 4 is 56.4 Å². The number of anilines is 2. The minimum Gasteiger partial charge on any atom is -0.493 e. The molecule has 0 unspecified atom stereocenters. The van der Waals surface area contributed by atoms with E-state index >= 15 is 0 Å². The van der Waals surface area contributed by atoms with Crippen molar-refractivity contribution in [3.63, 3.8) is 0 Å². The van der Waals surface area contributed by atoms with Crippen LogP contribution in [0.15, 0.2) is 53.1 Å². The van der Waals surface area contributed by atoms with Crippen LogP contribution in [0.3, 0.4) is 0 Å². The Balaban J connectivity index is 1.68. The first-order chi connectivity index (χ1) is 13.5. The fourth-order valence-corrected chi connectivity index (χ4v) is 3.37. The summed E-state index contributed by atoms with van der Waals surface area (Å²) >= 11 is 15.1. The van der Waals surface area contributed by atoms with Crippen LogP contribution in [0.25, 0.3) is 0 Å². The molecule has 0 aliphatic rings. The Hall–Kier alpha value is -2.29. The quantitative estimate of drug-likeness (QED) is 0.474. The SMILES string of the molecule is COc1ccc(NC(=S)Nc2nn(Cc3ccccc3Cl)cc2Br)cc1OC. The summed E-state index contributed by atoms with van der Waals surface area (Å²) in [6.07, 6.45) is 1.87. The number of hydrogen-bond donors (Lipinski definition) is 2. The van der Waals surface area contributed by atoms with E-state index in [0.717, 1.165) is 15.7 Å². The summed E-state index contributed by atoms with van der Waals surface area (Å²) in [4.78, 5) is 0. The maximum absolute atomic E-state index is 6.22. The van der Waals surface area contributed by atoms with Crippen LogP contribution in [-0.2, 0) is 6.54 Å². The Morgan fingerprint density at radius 2 is 1.89 bits per heavy atom. The first kappa shape index (κ1) is 20.4. The molecular weight excluding hydrogens is 464 g/mol. The largest absolute Gasteiger partial charge is 0.493 e. The monoisotopic (exact) mass is 480 g/mol. The molecule has 2 N–H and O–H groups in total. The summed E-state index contributed by atoms with van der Waals surface area (Å²) in [5.74, 6) is 1.86. The molecule has 0 aliphatic carbocycles. The van der Waals surface area contributed by atoms with Crippen LogP contribution in [0.2, 0.25) is 5.02 Å². The van der Waals surface area contributed by atoms with E-state index in [4.69, 9.17) is 33.3 Å². The van der Waals surface area contributed by atoms with Gasteiger partial charge in [0.25, 0.3) is 0 Å². The number of methoxy groups -OCH3 is 2. The van der Waals surface area contributed by atoms with Crippen molar-refractivity contribution in [1.29, 1.82) is 0 Å². The van der Waals surface area contributed by atoms with Gasteiger partial charge in [-0.2, -0.15) is 5.10 Å². The highest BCUT2D eigenvalue weighted by Gasteiger charge is 2.11. The molecule has 6 nitrogen and oxygen atoms in total. The molecule has 3 aromatic rings. The van der Waals surface area contributed by atoms with E-state index in [1.54, 1.807) is 31.0 Å². The third-order valence-corrected chi connectivity index (χ3v) is 5.03. The third kappa shape index (κ3) is 4.95. The second kappa shape index (κ2) is 9.27. The van der Waals surface area contributed by atoms with Gasteiger partial charge >= 0.3 is 0 Å². The van der Waals surface area contributed by atoms with Gasteiger partial charge in [-0.15, -0.1) is 0 Å².